The molecule has 3 heteroatoms. The Bertz CT molecular complexity index is 560. The molecule has 0 unspecified atom stereocenters. The lowest BCUT2D eigenvalue weighted by molar-refractivity contribution is -0.120. The van der Waals surface area contributed by atoms with Gasteiger partial charge in [0.1, 0.15) is 0 Å². The smallest absolute Gasteiger partial charge is 0.226 e. The predicted molar refractivity (Wildman–Crippen MR) is 92.2 cm³/mol. The Morgan fingerprint density at radius 1 is 1.27 bits per heavy atom. The molecule has 1 aromatic carbocycles. The normalized spacial score (nSPS) is 17.5. The summed E-state index contributed by atoms with van der Waals surface area (Å²) in [5.41, 5.74) is 8.83. The number of aliphatic imine (C=N–C) groups is 1. The first-order chi connectivity index (χ1) is 10.4. The molecule has 1 amide bonds. The molecule has 0 saturated carbocycles. The molecule has 2 rings (SSSR count). The fourth-order valence-electron chi connectivity index (χ4n) is 3.27. The van der Waals surface area contributed by atoms with Crippen LogP contribution in [0.5, 0.6) is 0 Å². The van der Waals surface area contributed by atoms with Gasteiger partial charge >= 0.3 is 0 Å². The van der Waals surface area contributed by atoms with E-state index in [1.54, 1.807) is 0 Å². The SMILES string of the molecule is CCCCCC[C@H](C(N)=O)C1=NC(C)(C)Cc2ccccc21. The zero-order chi connectivity index (χ0) is 16.2. The van der Waals surface area contributed by atoms with Crippen LogP contribution in [0.15, 0.2) is 29.3 Å². The van der Waals surface area contributed by atoms with Gasteiger partial charge in [-0.15, -0.1) is 0 Å². The maximum atomic E-state index is 12.0. The number of primary amides is 1. The number of carbonyl (C=O) groups excluding carboxylic acids is 1. The van der Waals surface area contributed by atoms with Crippen molar-refractivity contribution in [2.45, 2.75) is 64.8 Å². The molecule has 2 N–H and O–H groups in total. The Balaban J connectivity index is 2.28. The van der Waals surface area contributed by atoms with Gasteiger partial charge in [0.15, 0.2) is 0 Å². The summed E-state index contributed by atoms with van der Waals surface area (Å²) >= 11 is 0. The molecule has 120 valence electrons. The zero-order valence-corrected chi connectivity index (χ0v) is 14.1. The summed E-state index contributed by atoms with van der Waals surface area (Å²) < 4.78 is 0. The van der Waals surface area contributed by atoms with Crippen LogP contribution in [-0.2, 0) is 11.2 Å². The lowest BCUT2D eigenvalue weighted by Gasteiger charge is -2.31. The van der Waals surface area contributed by atoms with Gasteiger partial charge in [-0.25, -0.2) is 0 Å². The molecule has 22 heavy (non-hydrogen) atoms. The number of carbonyl (C=O) groups is 1. The molecule has 1 aliphatic heterocycles. The van der Waals surface area contributed by atoms with Crippen LogP contribution in [-0.4, -0.2) is 17.2 Å². The van der Waals surface area contributed by atoms with Gasteiger partial charge < -0.3 is 5.73 Å². The fraction of sp³-hybridized carbons (Fsp3) is 0.579. The summed E-state index contributed by atoms with van der Waals surface area (Å²) in [6.07, 6.45) is 6.30. The van der Waals surface area contributed by atoms with E-state index in [0.717, 1.165) is 37.0 Å². The van der Waals surface area contributed by atoms with Gasteiger partial charge in [-0.1, -0.05) is 56.9 Å². The van der Waals surface area contributed by atoms with Gasteiger partial charge in [-0.2, -0.15) is 0 Å². The Hall–Kier alpha value is -1.64. The number of hydrogen-bond acceptors (Lipinski definition) is 2. The highest BCUT2D eigenvalue weighted by Gasteiger charge is 2.32. The van der Waals surface area contributed by atoms with Crippen LogP contribution in [0.25, 0.3) is 0 Å². The molecule has 0 aromatic heterocycles. The van der Waals surface area contributed by atoms with Crippen molar-refractivity contribution in [1.82, 2.24) is 0 Å². The molecule has 0 saturated heterocycles. The molecular weight excluding hydrogens is 272 g/mol. The van der Waals surface area contributed by atoms with Crippen molar-refractivity contribution in [2.75, 3.05) is 0 Å². The Morgan fingerprint density at radius 3 is 2.68 bits per heavy atom. The van der Waals surface area contributed by atoms with E-state index in [1.165, 1.54) is 18.4 Å². The predicted octanol–water partition coefficient (Wildman–Crippen LogP) is 3.88. The number of fused-ring (bicyclic) bond motifs is 1. The van der Waals surface area contributed by atoms with Gasteiger partial charge in [-0.05, 0) is 37.8 Å². The number of unbranched alkanes of at least 4 members (excludes halogenated alkanes) is 3. The quantitative estimate of drug-likeness (QED) is 0.763. The van der Waals surface area contributed by atoms with E-state index < -0.39 is 0 Å². The van der Waals surface area contributed by atoms with Crippen LogP contribution >= 0.6 is 0 Å². The van der Waals surface area contributed by atoms with Crippen LogP contribution in [0.3, 0.4) is 0 Å². The van der Waals surface area contributed by atoms with E-state index in [4.69, 9.17) is 10.7 Å². The summed E-state index contributed by atoms with van der Waals surface area (Å²) in [7, 11) is 0. The van der Waals surface area contributed by atoms with Crippen molar-refractivity contribution in [3.63, 3.8) is 0 Å². The molecule has 0 radical (unpaired) electrons. The van der Waals surface area contributed by atoms with E-state index >= 15 is 0 Å². The van der Waals surface area contributed by atoms with E-state index in [-0.39, 0.29) is 17.4 Å². The van der Waals surface area contributed by atoms with Crippen molar-refractivity contribution >= 4 is 11.6 Å². The lowest BCUT2D eigenvalue weighted by Crippen LogP contribution is -2.37. The average molecular weight is 300 g/mol. The van der Waals surface area contributed by atoms with E-state index in [0.29, 0.717) is 0 Å². The second-order valence-corrected chi connectivity index (χ2v) is 6.95. The zero-order valence-electron chi connectivity index (χ0n) is 14.1. The highest BCUT2D eigenvalue weighted by atomic mass is 16.1. The monoisotopic (exact) mass is 300 g/mol. The van der Waals surface area contributed by atoms with Crippen molar-refractivity contribution in [2.24, 2.45) is 16.6 Å². The van der Waals surface area contributed by atoms with Crippen LogP contribution in [0.1, 0.15) is 64.0 Å². The number of rotatable bonds is 7. The molecule has 1 atom stereocenters. The highest BCUT2D eigenvalue weighted by molar-refractivity contribution is 6.14. The maximum absolute atomic E-state index is 12.0. The van der Waals surface area contributed by atoms with Crippen LogP contribution in [0.2, 0.25) is 0 Å². The largest absolute Gasteiger partial charge is 0.369 e. The standard InChI is InChI=1S/C19H28N2O/c1-4-5-6-7-12-16(18(20)22)17-15-11-9-8-10-14(15)13-19(2,3)21-17/h8-11,16H,4-7,12-13H2,1-3H3,(H2,20,22)/t16-/m0/s1. The lowest BCUT2D eigenvalue weighted by atomic mass is 9.81. The van der Waals surface area contributed by atoms with Crippen molar-refractivity contribution in [3.8, 4) is 0 Å². The van der Waals surface area contributed by atoms with Crippen LogP contribution in [0.4, 0.5) is 0 Å². The van der Waals surface area contributed by atoms with Gasteiger partial charge in [0, 0.05) is 0 Å². The molecule has 0 spiro atoms. The van der Waals surface area contributed by atoms with Crippen LogP contribution < -0.4 is 5.73 Å². The fourth-order valence-corrected chi connectivity index (χ4v) is 3.27. The molecule has 0 fully saturated rings. The summed E-state index contributed by atoms with van der Waals surface area (Å²) in [6.45, 7) is 6.44. The number of nitrogens with zero attached hydrogens (tertiary/aromatic N) is 1. The minimum absolute atomic E-state index is 0.166. The minimum Gasteiger partial charge on any atom is -0.369 e. The number of benzene rings is 1. The Labute approximate surface area is 134 Å². The van der Waals surface area contributed by atoms with Crippen molar-refractivity contribution in [1.29, 1.82) is 0 Å². The van der Waals surface area contributed by atoms with Gasteiger partial charge in [0.2, 0.25) is 5.91 Å². The second kappa shape index (κ2) is 7.08. The molecular formula is C19H28N2O. The summed E-state index contributed by atoms with van der Waals surface area (Å²) in [4.78, 5) is 16.9. The van der Waals surface area contributed by atoms with Gasteiger partial charge in [-0.3, -0.25) is 9.79 Å². The first kappa shape index (κ1) is 16.7. The number of amides is 1. The molecule has 1 heterocycles. The third kappa shape index (κ3) is 3.96. The van der Waals surface area contributed by atoms with Crippen LogP contribution in [0, 0.1) is 5.92 Å². The third-order valence-corrected chi connectivity index (χ3v) is 4.36. The topological polar surface area (TPSA) is 55.5 Å². The van der Waals surface area contributed by atoms with E-state index in [9.17, 15) is 4.79 Å². The van der Waals surface area contributed by atoms with E-state index in [2.05, 4.69) is 39.0 Å². The number of hydrogen-bond donors (Lipinski definition) is 1. The van der Waals surface area contributed by atoms with Gasteiger partial charge in [0.05, 0.1) is 17.2 Å². The third-order valence-electron chi connectivity index (χ3n) is 4.36. The average Bonchev–Trinajstić information content (AvgIpc) is 2.45. The van der Waals surface area contributed by atoms with Crippen molar-refractivity contribution < 1.29 is 4.79 Å². The summed E-state index contributed by atoms with van der Waals surface area (Å²) in [5, 5.41) is 0. The Kier molecular flexibility index (Phi) is 5.38. The first-order valence-electron chi connectivity index (χ1n) is 8.42. The number of nitrogens with two attached hydrogens (primary N) is 1. The highest BCUT2D eigenvalue weighted by Crippen LogP contribution is 2.30. The minimum atomic E-state index is -0.266. The summed E-state index contributed by atoms with van der Waals surface area (Å²) in [5.74, 6) is -0.514. The van der Waals surface area contributed by atoms with E-state index in [1.807, 2.05) is 6.07 Å². The molecule has 0 aliphatic carbocycles. The molecule has 3 nitrogen and oxygen atoms in total. The maximum Gasteiger partial charge on any atom is 0.226 e. The second-order valence-electron chi connectivity index (χ2n) is 6.95. The molecule has 1 aliphatic rings. The molecule has 1 aromatic rings. The van der Waals surface area contributed by atoms with Gasteiger partial charge in [0.25, 0.3) is 0 Å². The van der Waals surface area contributed by atoms with Crippen molar-refractivity contribution in [3.05, 3.63) is 35.4 Å². The molecule has 0 bridgehead atoms. The first-order valence-corrected chi connectivity index (χ1v) is 8.42. The Morgan fingerprint density at radius 2 is 2.00 bits per heavy atom. The summed E-state index contributed by atoms with van der Waals surface area (Å²) in [6, 6.07) is 8.28.